The first-order valence-corrected chi connectivity index (χ1v) is 17.0. The predicted octanol–water partition coefficient (Wildman–Crippen LogP) is 6.33. The van der Waals surface area contributed by atoms with E-state index in [-0.39, 0.29) is 29.8 Å². The van der Waals surface area contributed by atoms with E-state index < -0.39 is 0 Å². The zero-order chi connectivity index (χ0) is 30.0. The van der Waals surface area contributed by atoms with Gasteiger partial charge in [0.2, 0.25) is 5.91 Å². The average molecular weight is 713 g/mol. The fraction of sp³-hybridized carbons (Fsp3) is 0.429. The van der Waals surface area contributed by atoms with Crippen molar-refractivity contribution in [2.75, 3.05) is 39.3 Å². The van der Waals surface area contributed by atoms with Gasteiger partial charge in [-0.3, -0.25) is 9.59 Å². The van der Waals surface area contributed by atoms with Crippen molar-refractivity contribution in [3.63, 3.8) is 0 Å². The maximum absolute atomic E-state index is 14.1. The van der Waals surface area contributed by atoms with Crippen LogP contribution in [0.3, 0.4) is 0 Å². The van der Waals surface area contributed by atoms with Gasteiger partial charge in [0.25, 0.3) is 5.91 Å². The second kappa shape index (κ2) is 16.0. The van der Waals surface area contributed by atoms with Gasteiger partial charge in [0.15, 0.2) is 0 Å². The van der Waals surface area contributed by atoms with Crippen LogP contribution in [0.1, 0.15) is 65.9 Å². The Labute approximate surface area is 274 Å². The third-order valence-electron chi connectivity index (χ3n) is 8.71. The highest BCUT2D eigenvalue weighted by Gasteiger charge is 2.32. The number of halogens is 2. The van der Waals surface area contributed by atoms with Gasteiger partial charge in [-0.05, 0) is 104 Å². The van der Waals surface area contributed by atoms with E-state index in [9.17, 15) is 9.59 Å². The first-order valence-electron chi connectivity index (χ1n) is 15.6. The van der Waals surface area contributed by atoms with Crippen molar-refractivity contribution in [1.29, 1.82) is 0 Å². The van der Waals surface area contributed by atoms with Crippen molar-refractivity contribution in [1.82, 2.24) is 20.4 Å². The van der Waals surface area contributed by atoms with Gasteiger partial charge in [-0.2, -0.15) is 0 Å². The third kappa shape index (κ3) is 9.03. The van der Waals surface area contributed by atoms with Crippen LogP contribution in [0.5, 0.6) is 0 Å². The fourth-order valence-corrected chi connectivity index (χ4v) is 6.80. The van der Waals surface area contributed by atoms with E-state index >= 15 is 0 Å². The summed E-state index contributed by atoms with van der Waals surface area (Å²) in [6.45, 7) is 5.05. The molecule has 228 valence electrons. The van der Waals surface area contributed by atoms with Gasteiger partial charge in [-0.1, -0.05) is 78.7 Å². The highest BCUT2D eigenvalue weighted by Crippen LogP contribution is 2.27. The topological polar surface area (TPSA) is 64.7 Å². The monoisotopic (exact) mass is 712 g/mol. The number of hydrogen-bond acceptors (Lipinski definition) is 4. The summed E-state index contributed by atoms with van der Waals surface area (Å²) in [5.41, 5.74) is 2.96. The van der Waals surface area contributed by atoms with Crippen LogP contribution in [0.2, 0.25) is 5.02 Å². The quantitative estimate of drug-likeness (QED) is 0.228. The molecule has 0 spiro atoms. The van der Waals surface area contributed by atoms with E-state index in [1.54, 1.807) is 12.1 Å². The lowest BCUT2D eigenvalue weighted by Gasteiger charge is -2.30. The number of hydrogen-bond donors (Lipinski definition) is 2. The molecule has 0 aromatic heterocycles. The molecule has 2 aliphatic heterocycles. The zero-order valence-electron chi connectivity index (χ0n) is 24.7. The maximum atomic E-state index is 14.1. The lowest BCUT2D eigenvalue weighted by atomic mass is 9.90. The van der Waals surface area contributed by atoms with Crippen LogP contribution < -0.4 is 10.6 Å². The Morgan fingerprint density at radius 2 is 1.63 bits per heavy atom. The van der Waals surface area contributed by atoms with Crippen LogP contribution in [0.25, 0.3) is 0 Å². The van der Waals surface area contributed by atoms with Crippen molar-refractivity contribution in [2.24, 2.45) is 0 Å². The average Bonchev–Trinajstić information content (AvgIpc) is 3.19. The molecule has 43 heavy (non-hydrogen) atoms. The molecule has 0 unspecified atom stereocenters. The van der Waals surface area contributed by atoms with Crippen molar-refractivity contribution in [3.8, 4) is 0 Å². The number of amides is 2. The largest absolute Gasteiger partial charge is 0.350 e. The number of likely N-dealkylation sites (tertiary alicyclic amines) is 1. The number of nitrogens with one attached hydrogen (secondary N) is 2. The van der Waals surface area contributed by atoms with Crippen molar-refractivity contribution in [3.05, 3.63) is 104 Å². The molecule has 0 aliphatic carbocycles. The summed E-state index contributed by atoms with van der Waals surface area (Å²) in [6.07, 6.45) is 6.37. The molecule has 5 rings (SSSR count). The first kappa shape index (κ1) is 31.9. The van der Waals surface area contributed by atoms with Crippen LogP contribution in [0, 0.1) is 3.57 Å². The Kier molecular flexibility index (Phi) is 11.9. The van der Waals surface area contributed by atoms with Crippen LogP contribution in [-0.4, -0.2) is 73.0 Å². The highest BCUT2D eigenvalue weighted by molar-refractivity contribution is 14.1. The third-order valence-corrected chi connectivity index (χ3v) is 10.3. The zero-order valence-corrected chi connectivity index (χ0v) is 27.6. The molecule has 6 nitrogen and oxygen atoms in total. The van der Waals surface area contributed by atoms with Gasteiger partial charge in [0.05, 0.1) is 11.1 Å². The Hall–Kier alpha value is -2.46. The number of rotatable bonds is 11. The van der Waals surface area contributed by atoms with E-state index in [4.69, 9.17) is 11.6 Å². The Bertz CT molecular complexity index is 1300. The smallest absolute Gasteiger partial charge is 0.251 e. The Balaban J connectivity index is 1.30. The fourth-order valence-electron chi connectivity index (χ4n) is 6.28. The summed E-state index contributed by atoms with van der Waals surface area (Å²) in [5.74, 6) is 0.0957. The number of carbonyl (C=O) groups excluding carboxylic acids is 2. The van der Waals surface area contributed by atoms with Gasteiger partial charge >= 0.3 is 0 Å². The lowest BCUT2D eigenvalue weighted by Crippen LogP contribution is -2.49. The second-order valence-electron chi connectivity index (χ2n) is 11.7. The van der Waals surface area contributed by atoms with E-state index in [1.165, 1.54) is 30.4 Å². The van der Waals surface area contributed by atoms with Crippen molar-refractivity contribution < 1.29 is 9.59 Å². The molecule has 8 heteroatoms. The summed E-state index contributed by atoms with van der Waals surface area (Å²) in [4.78, 5) is 31.7. The molecule has 2 atom stereocenters. The molecule has 0 radical (unpaired) electrons. The molecule has 2 saturated heterocycles. The minimum absolute atomic E-state index is 0.0101. The summed E-state index contributed by atoms with van der Waals surface area (Å²) in [6, 6.07) is 26.0. The molecule has 0 bridgehead atoms. The molecule has 2 amide bonds. The number of benzene rings is 3. The second-order valence-corrected chi connectivity index (χ2v) is 13.3. The summed E-state index contributed by atoms with van der Waals surface area (Å²) in [7, 11) is 0. The predicted molar refractivity (Wildman–Crippen MR) is 183 cm³/mol. The summed E-state index contributed by atoms with van der Waals surface area (Å²) < 4.78 is 0.913. The van der Waals surface area contributed by atoms with E-state index in [0.717, 1.165) is 42.5 Å². The number of piperidine rings is 1. The maximum Gasteiger partial charge on any atom is 0.251 e. The molecular weight excluding hydrogens is 671 g/mol. The Morgan fingerprint density at radius 3 is 2.28 bits per heavy atom. The minimum atomic E-state index is -0.283. The lowest BCUT2D eigenvalue weighted by molar-refractivity contribution is -0.133. The van der Waals surface area contributed by atoms with Crippen molar-refractivity contribution in [2.45, 2.75) is 56.5 Å². The SMILES string of the molecule is O=C(NC[C@@H]1CCN(CC(c2ccccc2)c2ccccc2)C(=O)[C@H](CCCN2CCCCC2)N1)c1ccc(I)c(Cl)c1. The van der Waals surface area contributed by atoms with Gasteiger partial charge in [-0.15, -0.1) is 0 Å². The van der Waals surface area contributed by atoms with Crippen LogP contribution in [0.15, 0.2) is 78.9 Å². The molecule has 3 aromatic rings. The summed E-state index contributed by atoms with van der Waals surface area (Å²) in [5, 5.41) is 7.33. The molecule has 2 N–H and O–H groups in total. The molecule has 0 saturated carbocycles. The normalized spacial score (nSPS) is 19.8. The van der Waals surface area contributed by atoms with Gasteiger partial charge < -0.3 is 20.4 Å². The minimum Gasteiger partial charge on any atom is -0.350 e. The highest BCUT2D eigenvalue weighted by atomic mass is 127. The summed E-state index contributed by atoms with van der Waals surface area (Å²) >= 11 is 8.43. The molecular formula is C35H42ClIN4O2. The standard InChI is InChI=1S/C35H42ClIN4O2/c36-31-23-28(16-17-32(31)37)34(42)38-24-29-18-22-41(35(43)33(39-29)15-10-21-40-19-8-3-9-20-40)25-30(26-11-4-1-5-12-26)27-13-6-2-7-14-27/h1-2,4-7,11-14,16-17,23,29-30,33,39H,3,8-10,15,18-22,24-25H2,(H,38,42)/t29-,33-/m0/s1. The van der Waals surface area contributed by atoms with Gasteiger partial charge in [-0.25, -0.2) is 0 Å². The molecule has 2 fully saturated rings. The van der Waals surface area contributed by atoms with Crippen LogP contribution in [0.4, 0.5) is 0 Å². The molecule has 3 aromatic carbocycles. The van der Waals surface area contributed by atoms with Crippen molar-refractivity contribution >= 4 is 46.0 Å². The van der Waals surface area contributed by atoms with E-state index in [1.807, 2.05) is 18.2 Å². The molecule has 2 heterocycles. The Morgan fingerprint density at radius 1 is 0.953 bits per heavy atom. The van der Waals surface area contributed by atoms with Gasteiger partial charge in [0, 0.05) is 40.7 Å². The first-order chi connectivity index (χ1) is 21.0. The van der Waals surface area contributed by atoms with Crippen LogP contribution >= 0.6 is 34.2 Å². The van der Waals surface area contributed by atoms with Gasteiger partial charge in [0.1, 0.15) is 0 Å². The molecule has 2 aliphatic rings. The van der Waals surface area contributed by atoms with Crippen LogP contribution in [-0.2, 0) is 4.79 Å². The number of carbonyl (C=O) groups is 2. The van der Waals surface area contributed by atoms with E-state index in [2.05, 4.69) is 91.6 Å². The van der Waals surface area contributed by atoms with E-state index in [0.29, 0.717) is 30.2 Å². The number of nitrogens with zero attached hydrogens (tertiary/aromatic N) is 2.